The monoisotopic (exact) mass is 433 g/mol. The number of benzene rings is 1. The Labute approximate surface area is 187 Å². The van der Waals surface area contributed by atoms with Gasteiger partial charge < -0.3 is 5.32 Å². The number of nitro benzene ring substituents is 1. The van der Waals surface area contributed by atoms with E-state index in [1.165, 1.54) is 12.1 Å². The Kier molecular flexibility index (Phi) is 7.62. The number of pyridine rings is 2. The van der Waals surface area contributed by atoms with E-state index in [4.69, 9.17) is 0 Å². The molecule has 32 heavy (non-hydrogen) atoms. The SMILES string of the molecule is Cc1cccc(CN(CCC(=O)Nc2ccc([N+](=O)[O-])cc2C)Cc2cccc(C)n2)n1. The number of non-ortho nitro benzene ring substituents is 1. The maximum Gasteiger partial charge on any atom is 0.269 e. The number of carbonyl (C=O) groups is 1. The first-order chi connectivity index (χ1) is 15.3. The predicted octanol–water partition coefficient (Wildman–Crippen LogP) is 4.34. The smallest absolute Gasteiger partial charge is 0.269 e. The summed E-state index contributed by atoms with van der Waals surface area (Å²) in [5.74, 6) is -0.152. The molecule has 0 saturated carbocycles. The number of anilines is 1. The fourth-order valence-corrected chi connectivity index (χ4v) is 3.42. The van der Waals surface area contributed by atoms with Gasteiger partial charge in [-0.15, -0.1) is 0 Å². The Morgan fingerprint density at radius 3 is 2.06 bits per heavy atom. The van der Waals surface area contributed by atoms with Gasteiger partial charge >= 0.3 is 0 Å². The second kappa shape index (κ2) is 10.6. The Hall–Kier alpha value is -3.65. The maximum atomic E-state index is 12.6. The second-order valence-corrected chi connectivity index (χ2v) is 7.81. The number of amides is 1. The molecule has 3 rings (SSSR count). The van der Waals surface area contributed by atoms with Crippen LogP contribution in [0.15, 0.2) is 54.6 Å². The third-order valence-corrected chi connectivity index (χ3v) is 5.01. The van der Waals surface area contributed by atoms with E-state index in [0.29, 0.717) is 30.9 Å². The number of aromatic nitrogens is 2. The summed E-state index contributed by atoms with van der Waals surface area (Å²) in [5.41, 5.74) is 4.99. The van der Waals surface area contributed by atoms with Crippen LogP contribution in [0.5, 0.6) is 0 Å². The number of rotatable bonds is 9. The molecular weight excluding hydrogens is 406 g/mol. The lowest BCUT2D eigenvalue weighted by Gasteiger charge is -2.22. The molecular formula is C24H27N5O3. The van der Waals surface area contributed by atoms with Crippen LogP contribution in [0.4, 0.5) is 11.4 Å². The van der Waals surface area contributed by atoms with Crippen LogP contribution < -0.4 is 5.32 Å². The van der Waals surface area contributed by atoms with Crippen molar-refractivity contribution < 1.29 is 9.72 Å². The summed E-state index contributed by atoms with van der Waals surface area (Å²) in [4.78, 5) is 34.4. The maximum absolute atomic E-state index is 12.6. The van der Waals surface area contributed by atoms with Gasteiger partial charge in [-0.3, -0.25) is 29.8 Å². The molecule has 0 fully saturated rings. The zero-order valence-corrected chi connectivity index (χ0v) is 18.5. The lowest BCUT2D eigenvalue weighted by atomic mass is 10.1. The van der Waals surface area contributed by atoms with Crippen LogP contribution in [-0.4, -0.2) is 32.2 Å². The number of nitro groups is 1. The van der Waals surface area contributed by atoms with Crippen LogP contribution >= 0.6 is 0 Å². The first-order valence-corrected chi connectivity index (χ1v) is 10.4. The highest BCUT2D eigenvalue weighted by molar-refractivity contribution is 5.91. The van der Waals surface area contributed by atoms with Gasteiger partial charge in [-0.05, 0) is 56.7 Å². The fourth-order valence-electron chi connectivity index (χ4n) is 3.42. The fraction of sp³-hybridized carbons (Fsp3) is 0.292. The van der Waals surface area contributed by atoms with E-state index in [0.717, 1.165) is 22.8 Å². The molecule has 0 aliphatic carbocycles. The summed E-state index contributed by atoms with van der Waals surface area (Å²) >= 11 is 0. The van der Waals surface area contributed by atoms with Crippen molar-refractivity contribution in [1.82, 2.24) is 14.9 Å². The van der Waals surface area contributed by atoms with Crippen molar-refractivity contribution in [3.05, 3.63) is 93.1 Å². The molecule has 1 amide bonds. The van der Waals surface area contributed by atoms with E-state index in [2.05, 4.69) is 20.2 Å². The number of aryl methyl sites for hydroxylation is 3. The molecule has 0 unspecified atom stereocenters. The molecule has 1 aromatic carbocycles. The molecule has 0 aliphatic heterocycles. The first kappa shape index (κ1) is 23.0. The third-order valence-electron chi connectivity index (χ3n) is 5.01. The van der Waals surface area contributed by atoms with Gasteiger partial charge in [0.05, 0.1) is 16.3 Å². The Morgan fingerprint density at radius 1 is 0.969 bits per heavy atom. The van der Waals surface area contributed by atoms with Crippen molar-refractivity contribution in [2.45, 2.75) is 40.3 Å². The van der Waals surface area contributed by atoms with Crippen molar-refractivity contribution in [1.29, 1.82) is 0 Å². The molecule has 3 aromatic rings. The Morgan fingerprint density at radius 2 is 1.56 bits per heavy atom. The van der Waals surface area contributed by atoms with Gasteiger partial charge in [0.2, 0.25) is 5.91 Å². The molecule has 8 nitrogen and oxygen atoms in total. The minimum Gasteiger partial charge on any atom is -0.326 e. The van der Waals surface area contributed by atoms with Crippen molar-refractivity contribution in [3.8, 4) is 0 Å². The van der Waals surface area contributed by atoms with Crippen molar-refractivity contribution in [2.24, 2.45) is 0 Å². The van der Waals surface area contributed by atoms with Gasteiger partial charge in [0.25, 0.3) is 5.69 Å². The Balaban J connectivity index is 1.67. The highest BCUT2D eigenvalue weighted by Gasteiger charge is 2.14. The summed E-state index contributed by atoms with van der Waals surface area (Å²) in [6.07, 6.45) is 0.272. The molecule has 0 aliphatic rings. The standard InChI is InChI=1S/C24H27N5O3/c1-17-14-22(29(31)32)10-11-23(17)27-24(30)12-13-28(15-20-8-4-6-18(2)25-20)16-21-9-5-7-19(3)26-21/h4-11,14H,12-13,15-16H2,1-3H3,(H,27,30). The number of nitrogens with one attached hydrogen (secondary N) is 1. The van der Waals surface area contributed by atoms with Crippen molar-refractivity contribution >= 4 is 17.3 Å². The van der Waals surface area contributed by atoms with Gasteiger partial charge in [0, 0.05) is 55.3 Å². The van der Waals surface area contributed by atoms with Crippen LogP contribution in [0.3, 0.4) is 0 Å². The number of hydrogen-bond donors (Lipinski definition) is 1. The molecule has 0 atom stereocenters. The average Bonchev–Trinajstić information content (AvgIpc) is 2.73. The zero-order valence-electron chi connectivity index (χ0n) is 18.5. The van der Waals surface area contributed by atoms with E-state index in [9.17, 15) is 14.9 Å². The largest absolute Gasteiger partial charge is 0.326 e. The van der Waals surface area contributed by atoms with Crippen molar-refractivity contribution in [2.75, 3.05) is 11.9 Å². The molecule has 166 valence electrons. The quantitative estimate of drug-likeness (QED) is 0.398. The lowest BCUT2D eigenvalue weighted by Crippen LogP contribution is -2.28. The third kappa shape index (κ3) is 6.68. The molecule has 2 aromatic heterocycles. The summed E-state index contributed by atoms with van der Waals surface area (Å²) in [5, 5.41) is 13.8. The van der Waals surface area contributed by atoms with Gasteiger partial charge in [-0.1, -0.05) is 12.1 Å². The van der Waals surface area contributed by atoms with E-state index in [1.54, 1.807) is 13.0 Å². The molecule has 0 bridgehead atoms. The number of hydrogen-bond acceptors (Lipinski definition) is 6. The molecule has 0 saturated heterocycles. The minimum atomic E-state index is -0.449. The molecule has 0 radical (unpaired) electrons. The van der Waals surface area contributed by atoms with E-state index in [-0.39, 0.29) is 18.0 Å². The summed E-state index contributed by atoms with van der Waals surface area (Å²) in [6, 6.07) is 16.2. The van der Waals surface area contributed by atoms with Crippen LogP contribution in [0.2, 0.25) is 0 Å². The zero-order chi connectivity index (χ0) is 23.1. The van der Waals surface area contributed by atoms with Crippen LogP contribution in [0, 0.1) is 30.9 Å². The predicted molar refractivity (Wildman–Crippen MR) is 123 cm³/mol. The van der Waals surface area contributed by atoms with Crippen molar-refractivity contribution in [3.63, 3.8) is 0 Å². The number of nitrogens with zero attached hydrogens (tertiary/aromatic N) is 4. The lowest BCUT2D eigenvalue weighted by molar-refractivity contribution is -0.384. The average molecular weight is 434 g/mol. The highest BCUT2D eigenvalue weighted by atomic mass is 16.6. The van der Waals surface area contributed by atoms with Crippen LogP contribution in [0.1, 0.15) is 34.8 Å². The van der Waals surface area contributed by atoms with Gasteiger partial charge in [0.1, 0.15) is 0 Å². The second-order valence-electron chi connectivity index (χ2n) is 7.81. The van der Waals surface area contributed by atoms with Crippen LogP contribution in [0.25, 0.3) is 0 Å². The Bertz CT molecular complexity index is 1070. The number of carbonyl (C=O) groups excluding carboxylic acids is 1. The minimum absolute atomic E-state index is 0.00276. The topological polar surface area (TPSA) is 101 Å². The summed E-state index contributed by atoms with van der Waals surface area (Å²) in [6.45, 7) is 7.36. The molecule has 2 heterocycles. The molecule has 8 heteroatoms. The van der Waals surface area contributed by atoms with Gasteiger partial charge in [-0.25, -0.2) is 0 Å². The van der Waals surface area contributed by atoms with Gasteiger partial charge in [-0.2, -0.15) is 0 Å². The van der Waals surface area contributed by atoms with E-state index >= 15 is 0 Å². The van der Waals surface area contributed by atoms with Gasteiger partial charge in [0.15, 0.2) is 0 Å². The first-order valence-electron chi connectivity index (χ1n) is 10.4. The molecule has 1 N–H and O–H groups in total. The summed E-state index contributed by atoms with van der Waals surface area (Å²) in [7, 11) is 0. The van der Waals surface area contributed by atoms with Crippen LogP contribution in [-0.2, 0) is 17.9 Å². The normalized spacial score (nSPS) is 10.9. The van der Waals surface area contributed by atoms with E-state index in [1.807, 2.05) is 50.2 Å². The molecule has 0 spiro atoms. The summed E-state index contributed by atoms with van der Waals surface area (Å²) < 4.78 is 0. The highest BCUT2D eigenvalue weighted by Crippen LogP contribution is 2.21. The van der Waals surface area contributed by atoms with E-state index < -0.39 is 4.92 Å².